The first kappa shape index (κ1) is 26.2. The third-order valence-electron chi connectivity index (χ3n) is 7.10. The van der Waals surface area contributed by atoms with Crippen molar-refractivity contribution in [3.63, 3.8) is 0 Å². The van der Waals surface area contributed by atoms with Gasteiger partial charge >= 0.3 is 0 Å². The number of hydrogen-bond donors (Lipinski definition) is 0. The lowest BCUT2D eigenvalue weighted by atomic mass is 9.94. The van der Waals surface area contributed by atoms with E-state index in [1.807, 2.05) is 51.1 Å². The van der Waals surface area contributed by atoms with Crippen molar-refractivity contribution in [2.75, 3.05) is 13.1 Å². The van der Waals surface area contributed by atoms with Crippen molar-refractivity contribution in [2.24, 2.45) is 4.99 Å². The summed E-state index contributed by atoms with van der Waals surface area (Å²) in [7, 11) is 0. The summed E-state index contributed by atoms with van der Waals surface area (Å²) in [5.74, 6) is -0.106. The lowest BCUT2D eigenvalue weighted by Gasteiger charge is -2.29. The third-order valence-corrected chi connectivity index (χ3v) is 8.34. The van der Waals surface area contributed by atoms with Crippen molar-refractivity contribution < 1.29 is 4.79 Å². The molecule has 38 heavy (non-hydrogen) atoms. The van der Waals surface area contributed by atoms with Crippen molar-refractivity contribution in [2.45, 2.75) is 46.7 Å². The number of allylic oxidation sites excluding steroid dienone is 1. The minimum Gasteiger partial charge on any atom is -0.344 e. The molecule has 4 aromatic rings. The standard InChI is InChI=1S/C30H31ClN4O2S/c1-6-33(7-2)29(37)26-19(5)32-30-35(27(26)20-12-14-22(31)15-13-20)28(36)25(38-30)16-21-17-34(18(3)4)24-11-9-8-10-23(21)24/h8-18,27H,6-7H2,1-5H3/b25-16+/t27-/m0/s1. The summed E-state index contributed by atoms with van der Waals surface area (Å²) in [4.78, 5) is 34.9. The summed E-state index contributed by atoms with van der Waals surface area (Å²) < 4.78 is 4.48. The highest BCUT2D eigenvalue weighted by atomic mass is 35.5. The number of nitrogens with zero attached hydrogens (tertiary/aromatic N) is 4. The van der Waals surface area contributed by atoms with E-state index in [1.165, 1.54) is 11.3 Å². The first-order valence-corrected chi connectivity index (χ1v) is 14.1. The molecule has 6 nitrogen and oxygen atoms in total. The molecular formula is C30H31ClN4O2S. The summed E-state index contributed by atoms with van der Waals surface area (Å²) in [6, 6.07) is 15.3. The van der Waals surface area contributed by atoms with Crippen LogP contribution in [0.15, 0.2) is 75.8 Å². The fourth-order valence-corrected chi connectivity index (χ4v) is 6.32. The Morgan fingerprint density at radius 2 is 1.82 bits per heavy atom. The molecule has 0 radical (unpaired) electrons. The van der Waals surface area contributed by atoms with Gasteiger partial charge in [0.05, 0.1) is 21.8 Å². The van der Waals surface area contributed by atoms with Crippen molar-refractivity contribution in [1.29, 1.82) is 0 Å². The lowest BCUT2D eigenvalue weighted by Crippen LogP contribution is -2.43. The van der Waals surface area contributed by atoms with Crippen molar-refractivity contribution in [3.8, 4) is 0 Å². The van der Waals surface area contributed by atoms with Crippen LogP contribution in [0.4, 0.5) is 0 Å². The number of fused-ring (bicyclic) bond motifs is 2. The fourth-order valence-electron chi connectivity index (χ4n) is 5.15. The van der Waals surface area contributed by atoms with E-state index in [4.69, 9.17) is 16.6 Å². The van der Waals surface area contributed by atoms with Crippen LogP contribution in [0.5, 0.6) is 0 Å². The van der Waals surface area contributed by atoms with Gasteiger partial charge in [0.2, 0.25) is 0 Å². The number of amides is 1. The second-order valence-electron chi connectivity index (χ2n) is 9.71. The molecule has 0 aliphatic carbocycles. The van der Waals surface area contributed by atoms with Gasteiger partial charge in [-0.05, 0) is 64.5 Å². The molecule has 196 valence electrons. The molecule has 2 aromatic heterocycles. The molecule has 1 aliphatic rings. The molecule has 1 atom stereocenters. The zero-order valence-electron chi connectivity index (χ0n) is 22.2. The minimum atomic E-state index is -0.587. The van der Waals surface area contributed by atoms with Gasteiger partial charge in [-0.1, -0.05) is 53.3 Å². The molecule has 0 spiro atoms. The number of rotatable bonds is 6. The molecule has 1 aliphatic heterocycles. The maximum atomic E-state index is 14.0. The van der Waals surface area contributed by atoms with Crippen molar-refractivity contribution >= 4 is 45.8 Å². The van der Waals surface area contributed by atoms with E-state index in [-0.39, 0.29) is 17.5 Å². The molecule has 0 saturated carbocycles. The molecule has 0 fully saturated rings. The van der Waals surface area contributed by atoms with Crippen LogP contribution in [0.3, 0.4) is 0 Å². The van der Waals surface area contributed by atoms with Gasteiger partial charge in [-0.3, -0.25) is 14.2 Å². The third kappa shape index (κ3) is 4.44. The topological polar surface area (TPSA) is 59.6 Å². The van der Waals surface area contributed by atoms with E-state index in [0.717, 1.165) is 22.0 Å². The number of carbonyl (C=O) groups is 1. The molecular weight excluding hydrogens is 516 g/mol. The van der Waals surface area contributed by atoms with E-state index in [2.05, 4.69) is 36.7 Å². The highest BCUT2D eigenvalue weighted by molar-refractivity contribution is 7.07. The van der Waals surface area contributed by atoms with Crippen molar-refractivity contribution in [3.05, 3.63) is 102 Å². The Kier molecular flexibility index (Phi) is 7.16. The number of aromatic nitrogens is 2. The normalized spacial score (nSPS) is 15.8. The highest BCUT2D eigenvalue weighted by Gasteiger charge is 2.34. The second kappa shape index (κ2) is 10.4. The minimum absolute atomic E-state index is 0.106. The quantitative estimate of drug-likeness (QED) is 0.330. The van der Waals surface area contributed by atoms with Crippen LogP contribution in [0.2, 0.25) is 5.02 Å². The average molecular weight is 547 g/mol. The van der Waals surface area contributed by atoms with Gasteiger partial charge in [-0.2, -0.15) is 0 Å². The van der Waals surface area contributed by atoms with E-state index < -0.39 is 6.04 Å². The number of thiazole rings is 1. The maximum absolute atomic E-state index is 14.0. The maximum Gasteiger partial charge on any atom is 0.271 e. The Morgan fingerprint density at radius 1 is 1.13 bits per heavy atom. The van der Waals surface area contributed by atoms with Gasteiger partial charge < -0.3 is 9.47 Å². The molecule has 2 aromatic carbocycles. The molecule has 1 amide bonds. The van der Waals surface area contributed by atoms with Crippen LogP contribution in [-0.2, 0) is 4.79 Å². The summed E-state index contributed by atoms with van der Waals surface area (Å²) in [5.41, 5.74) is 3.93. The summed E-state index contributed by atoms with van der Waals surface area (Å²) in [6.07, 6.45) is 4.06. The Balaban J connectivity index is 1.75. The Hall–Kier alpha value is -3.42. The Bertz CT molecular complexity index is 1740. The van der Waals surface area contributed by atoms with Crippen LogP contribution >= 0.6 is 22.9 Å². The van der Waals surface area contributed by atoms with E-state index in [1.54, 1.807) is 21.6 Å². The zero-order valence-corrected chi connectivity index (χ0v) is 23.8. The lowest BCUT2D eigenvalue weighted by molar-refractivity contribution is -0.127. The van der Waals surface area contributed by atoms with Crippen molar-refractivity contribution in [1.82, 2.24) is 14.0 Å². The largest absolute Gasteiger partial charge is 0.344 e. The Labute approximate surface area is 230 Å². The second-order valence-corrected chi connectivity index (χ2v) is 11.2. The predicted molar refractivity (Wildman–Crippen MR) is 155 cm³/mol. The first-order chi connectivity index (χ1) is 18.2. The number of para-hydroxylation sites is 1. The summed E-state index contributed by atoms with van der Waals surface area (Å²) in [5, 5.41) is 1.69. The van der Waals surface area contributed by atoms with E-state index in [0.29, 0.717) is 38.7 Å². The SMILES string of the molecule is CCN(CC)C(=O)C1=C(C)N=c2s/c(=C/c3cn(C(C)C)c4ccccc34)c(=O)n2[C@H]1c1ccc(Cl)cc1. The van der Waals surface area contributed by atoms with Crippen LogP contribution in [0.1, 0.15) is 57.8 Å². The highest BCUT2D eigenvalue weighted by Crippen LogP contribution is 2.32. The molecule has 8 heteroatoms. The van der Waals surface area contributed by atoms with Gasteiger partial charge in [0.15, 0.2) is 4.80 Å². The molecule has 0 bridgehead atoms. The molecule has 5 rings (SSSR count). The summed E-state index contributed by atoms with van der Waals surface area (Å²) in [6.45, 7) is 11.2. The summed E-state index contributed by atoms with van der Waals surface area (Å²) >= 11 is 7.55. The van der Waals surface area contributed by atoms with Crippen LogP contribution in [0.25, 0.3) is 17.0 Å². The van der Waals surface area contributed by atoms with Gasteiger partial charge in [0.1, 0.15) is 0 Å². The van der Waals surface area contributed by atoms with E-state index >= 15 is 0 Å². The van der Waals surface area contributed by atoms with Crippen LogP contribution in [0, 0.1) is 0 Å². The first-order valence-electron chi connectivity index (χ1n) is 12.9. The molecule has 3 heterocycles. The monoisotopic (exact) mass is 546 g/mol. The molecule has 0 unspecified atom stereocenters. The predicted octanol–water partition coefficient (Wildman–Crippen LogP) is 5.29. The molecule has 0 saturated heterocycles. The number of benzene rings is 2. The molecule has 0 N–H and O–H groups in total. The van der Waals surface area contributed by atoms with Gasteiger partial charge in [0.25, 0.3) is 11.5 Å². The van der Waals surface area contributed by atoms with Gasteiger partial charge in [-0.25, -0.2) is 4.99 Å². The van der Waals surface area contributed by atoms with Gasteiger partial charge in [-0.15, -0.1) is 0 Å². The fraction of sp³-hybridized carbons (Fsp3) is 0.300. The number of hydrogen-bond acceptors (Lipinski definition) is 4. The number of halogens is 1. The smallest absolute Gasteiger partial charge is 0.271 e. The van der Waals surface area contributed by atoms with Crippen LogP contribution in [-0.4, -0.2) is 33.0 Å². The van der Waals surface area contributed by atoms with Gasteiger partial charge in [0, 0.05) is 46.8 Å². The van der Waals surface area contributed by atoms with E-state index in [9.17, 15) is 9.59 Å². The Morgan fingerprint density at radius 3 is 2.47 bits per heavy atom. The number of carbonyl (C=O) groups excluding carboxylic acids is 1. The average Bonchev–Trinajstić information content (AvgIpc) is 3.42. The zero-order chi connectivity index (χ0) is 27.1. The number of likely N-dealkylation sites (N-methyl/N-ethyl adjacent to an activating group) is 1. The van der Waals surface area contributed by atoms with Crippen LogP contribution < -0.4 is 14.9 Å².